The topological polar surface area (TPSA) is 132 Å². The number of hydrazine groups is 1. The first kappa shape index (κ1) is 21.0. The predicted molar refractivity (Wildman–Crippen MR) is 95.1 cm³/mol. The van der Waals surface area contributed by atoms with Gasteiger partial charge in [0.1, 0.15) is 6.07 Å². The van der Waals surface area contributed by atoms with Crippen LogP contribution in [0.3, 0.4) is 0 Å². The molecule has 0 saturated carbocycles. The lowest BCUT2D eigenvalue weighted by molar-refractivity contribution is 0.171. The molecule has 0 atom stereocenters. The van der Waals surface area contributed by atoms with Gasteiger partial charge in [0.15, 0.2) is 5.82 Å². The number of methoxy groups -OCH3 is 1. The lowest BCUT2D eigenvalue weighted by Gasteiger charge is -2.26. The van der Waals surface area contributed by atoms with Gasteiger partial charge in [-0.25, -0.2) is 20.0 Å². The van der Waals surface area contributed by atoms with Gasteiger partial charge in [-0.2, -0.15) is 10.2 Å². The molecule has 0 aliphatic rings. The average Bonchev–Trinajstić information content (AvgIpc) is 2.63. The van der Waals surface area contributed by atoms with Gasteiger partial charge in [0, 0.05) is 31.9 Å². The van der Waals surface area contributed by atoms with Crippen LogP contribution in [0.25, 0.3) is 0 Å². The highest BCUT2D eigenvalue weighted by molar-refractivity contribution is 5.75. The second kappa shape index (κ2) is 11.5. The molecule has 0 fully saturated rings. The Labute approximate surface area is 152 Å². The van der Waals surface area contributed by atoms with Gasteiger partial charge in [-0.3, -0.25) is 5.01 Å². The molecule has 0 spiro atoms. The summed E-state index contributed by atoms with van der Waals surface area (Å²) in [5, 5.41) is 15.8. The van der Waals surface area contributed by atoms with Crippen molar-refractivity contribution in [2.24, 2.45) is 5.92 Å². The summed E-state index contributed by atoms with van der Waals surface area (Å²) in [4.78, 5) is 30.9. The van der Waals surface area contributed by atoms with Crippen LogP contribution in [-0.2, 0) is 4.74 Å². The number of hydrogen-bond donors (Lipinski definition) is 3. The normalized spacial score (nSPS) is 9.96. The summed E-state index contributed by atoms with van der Waals surface area (Å²) in [7, 11) is 1.31. The largest absolute Gasteiger partial charge is 0.453 e. The van der Waals surface area contributed by atoms with Crippen LogP contribution in [0.15, 0.2) is 12.3 Å². The number of nitriles is 1. The first-order valence-corrected chi connectivity index (χ1v) is 8.33. The van der Waals surface area contributed by atoms with Gasteiger partial charge >= 0.3 is 12.1 Å². The summed E-state index contributed by atoms with van der Waals surface area (Å²) in [5.74, 6) is 0.749. The maximum Gasteiger partial charge on any atom is 0.406 e. The zero-order chi connectivity index (χ0) is 19.4. The van der Waals surface area contributed by atoms with Crippen LogP contribution in [0.2, 0.25) is 0 Å². The first-order valence-electron chi connectivity index (χ1n) is 8.33. The van der Waals surface area contributed by atoms with Crippen molar-refractivity contribution >= 4 is 17.9 Å². The Hall–Kier alpha value is -3.09. The van der Waals surface area contributed by atoms with Crippen LogP contribution >= 0.6 is 0 Å². The van der Waals surface area contributed by atoms with Crippen LogP contribution in [-0.4, -0.2) is 48.8 Å². The monoisotopic (exact) mass is 363 g/mol. The molecule has 0 aliphatic heterocycles. The van der Waals surface area contributed by atoms with E-state index in [9.17, 15) is 9.59 Å². The van der Waals surface area contributed by atoms with Crippen molar-refractivity contribution in [2.45, 2.75) is 26.7 Å². The lowest BCUT2D eigenvalue weighted by atomic mass is 10.2. The number of carbonyl (C=O) groups excluding carboxylic acids is 2. The molecule has 1 heterocycles. The molecule has 26 heavy (non-hydrogen) atoms. The molecule has 142 valence electrons. The Morgan fingerprint density at radius 1 is 1.31 bits per heavy atom. The second-order valence-electron chi connectivity index (χ2n) is 5.85. The lowest BCUT2D eigenvalue weighted by Crippen LogP contribution is -2.49. The highest BCUT2D eigenvalue weighted by Crippen LogP contribution is 2.09. The molecule has 3 N–H and O–H groups in total. The van der Waals surface area contributed by atoms with Crippen molar-refractivity contribution in [1.29, 1.82) is 5.26 Å². The molecule has 0 saturated heterocycles. The van der Waals surface area contributed by atoms with Gasteiger partial charge in [0.05, 0.1) is 7.11 Å². The molecule has 10 heteroatoms. The van der Waals surface area contributed by atoms with E-state index < -0.39 is 6.09 Å². The molecule has 0 aliphatic carbocycles. The smallest absolute Gasteiger partial charge is 0.406 e. The van der Waals surface area contributed by atoms with E-state index in [0.29, 0.717) is 38.3 Å². The Bertz CT molecular complexity index is 631. The van der Waals surface area contributed by atoms with Gasteiger partial charge in [0.25, 0.3) is 0 Å². The fourth-order valence-corrected chi connectivity index (χ4v) is 1.99. The van der Waals surface area contributed by atoms with Crippen molar-refractivity contribution in [1.82, 2.24) is 26.0 Å². The molecule has 3 amide bonds. The third kappa shape index (κ3) is 8.14. The van der Waals surface area contributed by atoms with Gasteiger partial charge in [-0.15, -0.1) is 0 Å². The average molecular weight is 363 g/mol. The molecule has 10 nitrogen and oxygen atoms in total. The number of alkyl carbamates (subject to hydrolysis) is 1. The summed E-state index contributed by atoms with van der Waals surface area (Å²) in [6, 6.07) is 3.13. The van der Waals surface area contributed by atoms with E-state index in [1.165, 1.54) is 13.3 Å². The van der Waals surface area contributed by atoms with Crippen LogP contribution in [0.1, 0.15) is 32.5 Å². The van der Waals surface area contributed by atoms with Crippen molar-refractivity contribution in [3.8, 4) is 6.07 Å². The number of rotatable bonds is 9. The van der Waals surface area contributed by atoms with Crippen molar-refractivity contribution < 1.29 is 14.3 Å². The molecule has 0 unspecified atom stereocenters. The van der Waals surface area contributed by atoms with Crippen LogP contribution in [0.4, 0.5) is 15.4 Å². The Morgan fingerprint density at radius 2 is 2.00 bits per heavy atom. The highest BCUT2D eigenvalue weighted by atomic mass is 16.5. The number of urea groups is 1. The maximum atomic E-state index is 12.1. The van der Waals surface area contributed by atoms with Crippen LogP contribution < -0.4 is 21.1 Å². The fourth-order valence-electron chi connectivity index (χ4n) is 1.99. The summed E-state index contributed by atoms with van der Waals surface area (Å²) < 4.78 is 4.46. The third-order valence-corrected chi connectivity index (χ3v) is 3.15. The summed E-state index contributed by atoms with van der Waals surface area (Å²) >= 11 is 0. The predicted octanol–water partition coefficient (Wildman–Crippen LogP) is 1.16. The minimum Gasteiger partial charge on any atom is -0.453 e. The highest BCUT2D eigenvalue weighted by Gasteiger charge is 2.14. The van der Waals surface area contributed by atoms with Crippen molar-refractivity contribution in [3.05, 3.63) is 18.1 Å². The number of ether oxygens (including phenoxy) is 1. The molecule has 1 aromatic heterocycles. The number of unbranched alkanes of at least 4 members (excludes halogenated alkanes) is 1. The molecular weight excluding hydrogens is 338 g/mol. The minimum atomic E-state index is -0.471. The quantitative estimate of drug-likeness (QED) is 0.443. The first-order chi connectivity index (χ1) is 12.5. The van der Waals surface area contributed by atoms with E-state index in [1.807, 2.05) is 19.9 Å². The van der Waals surface area contributed by atoms with E-state index in [2.05, 4.69) is 30.8 Å². The molecule has 0 bridgehead atoms. The number of hydrogen-bond acceptors (Lipinski definition) is 7. The van der Waals surface area contributed by atoms with E-state index in [1.54, 1.807) is 11.1 Å². The number of anilines is 1. The Morgan fingerprint density at radius 3 is 2.62 bits per heavy atom. The molecule has 0 radical (unpaired) electrons. The fraction of sp³-hybridized carbons (Fsp3) is 0.562. The van der Waals surface area contributed by atoms with Gasteiger partial charge < -0.3 is 15.4 Å². The zero-order valence-electron chi connectivity index (χ0n) is 15.3. The summed E-state index contributed by atoms with van der Waals surface area (Å²) in [6.45, 7) is 5.48. The van der Waals surface area contributed by atoms with E-state index in [-0.39, 0.29) is 17.8 Å². The number of amides is 3. The van der Waals surface area contributed by atoms with E-state index in [4.69, 9.17) is 5.26 Å². The molecular formula is C16H25N7O3. The van der Waals surface area contributed by atoms with Gasteiger partial charge in [-0.1, -0.05) is 13.8 Å². The standard InChI is InChI=1S/C16H25N7O3/c1-12(2)11-23(14-6-9-18-13(10-17)21-14)22-15(24)19-7-4-5-8-20-16(25)26-3/h6,9,12H,4-5,7-8,11H2,1-3H3,(H,20,25)(H2,19,22,24). The Balaban J connectivity index is 2.46. The number of carbonyl (C=O) groups is 2. The SMILES string of the molecule is COC(=O)NCCCCNC(=O)NN(CC(C)C)c1ccnc(C#N)n1. The summed E-state index contributed by atoms with van der Waals surface area (Å²) in [5.41, 5.74) is 2.73. The van der Waals surface area contributed by atoms with Gasteiger partial charge in [-0.05, 0) is 18.8 Å². The number of nitrogens with zero attached hydrogens (tertiary/aromatic N) is 4. The van der Waals surface area contributed by atoms with Crippen LogP contribution in [0.5, 0.6) is 0 Å². The van der Waals surface area contributed by atoms with E-state index >= 15 is 0 Å². The summed E-state index contributed by atoms with van der Waals surface area (Å²) in [6.07, 6.45) is 2.42. The molecule has 0 aromatic carbocycles. The van der Waals surface area contributed by atoms with Crippen molar-refractivity contribution in [3.63, 3.8) is 0 Å². The number of nitrogens with one attached hydrogen (secondary N) is 3. The van der Waals surface area contributed by atoms with E-state index in [0.717, 1.165) is 0 Å². The minimum absolute atomic E-state index is 0.0385. The maximum absolute atomic E-state index is 12.1. The zero-order valence-corrected chi connectivity index (χ0v) is 15.3. The molecule has 1 rings (SSSR count). The van der Waals surface area contributed by atoms with Crippen LogP contribution in [0, 0.1) is 17.2 Å². The molecule has 1 aromatic rings. The Kier molecular flexibility index (Phi) is 9.24. The second-order valence-corrected chi connectivity index (χ2v) is 5.85. The number of aromatic nitrogens is 2. The van der Waals surface area contributed by atoms with Gasteiger partial charge in [0.2, 0.25) is 5.82 Å². The van der Waals surface area contributed by atoms with Crippen molar-refractivity contribution in [2.75, 3.05) is 31.8 Å². The third-order valence-electron chi connectivity index (χ3n) is 3.15.